The third-order valence-electron chi connectivity index (χ3n) is 2.91. The van der Waals surface area contributed by atoms with Gasteiger partial charge in [0.25, 0.3) is 0 Å². The Bertz CT molecular complexity index is 416. The molecule has 0 spiro atoms. The van der Waals surface area contributed by atoms with Gasteiger partial charge in [-0.05, 0) is 25.7 Å². The van der Waals surface area contributed by atoms with E-state index in [1.54, 1.807) is 0 Å². The number of carbonyl (C=O) groups is 1. The SMILES string of the molecule is CCn1c(CN)nnc1SCC(=O)NCC1CC1. The maximum Gasteiger partial charge on any atom is 0.230 e. The first-order valence-electron chi connectivity index (χ1n) is 6.26. The van der Waals surface area contributed by atoms with Crippen LogP contribution >= 0.6 is 11.8 Å². The first kappa shape index (κ1) is 13.4. The van der Waals surface area contributed by atoms with E-state index in [4.69, 9.17) is 5.73 Å². The van der Waals surface area contributed by atoms with Crippen LogP contribution in [-0.2, 0) is 17.9 Å². The normalized spacial score (nSPS) is 14.8. The number of nitrogens with zero attached hydrogens (tertiary/aromatic N) is 3. The minimum absolute atomic E-state index is 0.0619. The maximum atomic E-state index is 11.6. The number of rotatable bonds is 7. The average molecular weight is 269 g/mol. The van der Waals surface area contributed by atoms with Crippen LogP contribution in [-0.4, -0.2) is 33.0 Å². The van der Waals surface area contributed by atoms with Crippen LogP contribution in [0.5, 0.6) is 0 Å². The largest absolute Gasteiger partial charge is 0.355 e. The van der Waals surface area contributed by atoms with Gasteiger partial charge in [0.1, 0.15) is 5.82 Å². The van der Waals surface area contributed by atoms with Crippen molar-refractivity contribution in [3.63, 3.8) is 0 Å². The van der Waals surface area contributed by atoms with Gasteiger partial charge in [-0.15, -0.1) is 10.2 Å². The second-order valence-electron chi connectivity index (χ2n) is 4.38. The molecule has 0 saturated heterocycles. The number of amides is 1. The molecule has 0 aliphatic heterocycles. The van der Waals surface area contributed by atoms with Crippen molar-refractivity contribution in [2.24, 2.45) is 11.7 Å². The first-order chi connectivity index (χ1) is 8.74. The van der Waals surface area contributed by atoms with Gasteiger partial charge >= 0.3 is 0 Å². The molecule has 0 aromatic carbocycles. The molecule has 1 aliphatic rings. The number of nitrogens with two attached hydrogens (primary N) is 1. The van der Waals surface area contributed by atoms with E-state index in [-0.39, 0.29) is 5.91 Å². The summed E-state index contributed by atoms with van der Waals surface area (Å²) in [4.78, 5) is 11.6. The van der Waals surface area contributed by atoms with Crippen LogP contribution in [0.15, 0.2) is 5.16 Å². The fraction of sp³-hybridized carbons (Fsp3) is 0.727. The standard InChI is InChI=1S/C11H19N5OS/c1-2-16-9(5-12)14-15-11(16)18-7-10(17)13-6-8-3-4-8/h8H,2-7,12H2,1H3,(H,13,17). The van der Waals surface area contributed by atoms with E-state index in [9.17, 15) is 4.79 Å². The van der Waals surface area contributed by atoms with Crippen LogP contribution in [0.4, 0.5) is 0 Å². The molecule has 0 atom stereocenters. The van der Waals surface area contributed by atoms with Crippen molar-refractivity contribution in [1.82, 2.24) is 20.1 Å². The molecule has 1 saturated carbocycles. The summed E-state index contributed by atoms with van der Waals surface area (Å²) in [5.74, 6) is 1.92. The lowest BCUT2D eigenvalue weighted by atomic mass is 10.4. The van der Waals surface area contributed by atoms with Crippen LogP contribution in [0.1, 0.15) is 25.6 Å². The average Bonchev–Trinajstić information content (AvgIpc) is 3.12. The van der Waals surface area contributed by atoms with E-state index in [0.29, 0.717) is 18.2 Å². The van der Waals surface area contributed by atoms with Crippen LogP contribution in [0.25, 0.3) is 0 Å². The van der Waals surface area contributed by atoms with E-state index < -0.39 is 0 Å². The number of hydrogen-bond acceptors (Lipinski definition) is 5. The molecule has 1 heterocycles. The highest BCUT2D eigenvalue weighted by Gasteiger charge is 2.21. The maximum absolute atomic E-state index is 11.6. The molecule has 1 aliphatic carbocycles. The summed E-state index contributed by atoms with van der Waals surface area (Å²) >= 11 is 1.41. The smallest absolute Gasteiger partial charge is 0.230 e. The van der Waals surface area contributed by atoms with E-state index in [0.717, 1.165) is 24.1 Å². The van der Waals surface area contributed by atoms with Crippen LogP contribution < -0.4 is 11.1 Å². The minimum Gasteiger partial charge on any atom is -0.355 e. The Kier molecular flexibility index (Phi) is 4.60. The van der Waals surface area contributed by atoms with Gasteiger partial charge in [0.2, 0.25) is 5.91 Å². The zero-order chi connectivity index (χ0) is 13.0. The monoisotopic (exact) mass is 269 g/mol. The summed E-state index contributed by atoms with van der Waals surface area (Å²) in [6.07, 6.45) is 2.49. The Labute approximate surface area is 111 Å². The lowest BCUT2D eigenvalue weighted by Gasteiger charge is -2.06. The number of aromatic nitrogens is 3. The molecule has 0 unspecified atom stereocenters. The molecule has 2 rings (SSSR count). The van der Waals surface area contributed by atoms with E-state index in [1.165, 1.54) is 24.6 Å². The zero-order valence-electron chi connectivity index (χ0n) is 10.6. The summed E-state index contributed by atoms with van der Waals surface area (Å²) in [5, 5.41) is 11.8. The number of nitrogens with one attached hydrogen (secondary N) is 1. The van der Waals surface area contributed by atoms with Gasteiger partial charge in [-0.2, -0.15) is 0 Å². The van der Waals surface area contributed by atoms with Gasteiger partial charge in [0.05, 0.1) is 12.3 Å². The molecule has 7 heteroatoms. The second-order valence-corrected chi connectivity index (χ2v) is 5.33. The molecule has 0 bridgehead atoms. The second kappa shape index (κ2) is 6.19. The summed E-state index contributed by atoms with van der Waals surface area (Å²) in [5.41, 5.74) is 5.57. The predicted molar refractivity (Wildman–Crippen MR) is 70.0 cm³/mol. The summed E-state index contributed by atoms with van der Waals surface area (Å²) in [7, 11) is 0. The Morgan fingerprint density at radius 2 is 2.33 bits per heavy atom. The van der Waals surface area contributed by atoms with Crippen LogP contribution in [0.3, 0.4) is 0 Å². The summed E-state index contributed by atoms with van der Waals surface area (Å²) in [6.45, 7) is 3.97. The number of carbonyl (C=O) groups excluding carboxylic acids is 1. The molecule has 1 fully saturated rings. The van der Waals surface area contributed by atoms with E-state index >= 15 is 0 Å². The van der Waals surface area contributed by atoms with Crippen LogP contribution in [0, 0.1) is 5.92 Å². The Hall–Kier alpha value is -1.08. The molecular formula is C11H19N5OS. The van der Waals surface area contributed by atoms with Crippen molar-refractivity contribution in [3.05, 3.63) is 5.82 Å². The van der Waals surface area contributed by atoms with Crippen molar-refractivity contribution in [2.75, 3.05) is 12.3 Å². The van der Waals surface area contributed by atoms with Crippen molar-refractivity contribution in [3.8, 4) is 0 Å². The van der Waals surface area contributed by atoms with Gasteiger partial charge in [-0.3, -0.25) is 4.79 Å². The third kappa shape index (κ3) is 3.46. The van der Waals surface area contributed by atoms with Crippen molar-refractivity contribution < 1.29 is 4.79 Å². The molecular weight excluding hydrogens is 250 g/mol. The lowest BCUT2D eigenvalue weighted by Crippen LogP contribution is -2.27. The van der Waals surface area contributed by atoms with Gasteiger partial charge in [0.15, 0.2) is 5.16 Å². The molecule has 1 amide bonds. The zero-order valence-corrected chi connectivity index (χ0v) is 11.4. The van der Waals surface area contributed by atoms with Gasteiger partial charge < -0.3 is 15.6 Å². The molecule has 1 aromatic heterocycles. The highest BCUT2D eigenvalue weighted by molar-refractivity contribution is 7.99. The Balaban J connectivity index is 1.81. The Morgan fingerprint density at radius 3 is 2.94 bits per heavy atom. The molecule has 0 radical (unpaired) electrons. The van der Waals surface area contributed by atoms with Gasteiger partial charge in [0, 0.05) is 13.1 Å². The van der Waals surface area contributed by atoms with Crippen LogP contribution in [0.2, 0.25) is 0 Å². The molecule has 6 nitrogen and oxygen atoms in total. The fourth-order valence-corrected chi connectivity index (χ4v) is 2.51. The summed E-state index contributed by atoms with van der Waals surface area (Å²) in [6, 6.07) is 0. The third-order valence-corrected chi connectivity index (χ3v) is 3.88. The van der Waals surface area contributed by atoms with Gasteiger partial charge in [-0.1, -0.05) is 11.8 Å². The highest BCUT2D eigenvalue weighted by Crippen LogP contribution is 2.27. The van der Waals surface area contributed by atoms with E-state index in [1.807, 2.05) is 11.5 Å². The summed E-state index contributed by atoms with van der Waals surface area (Å²) < 4.78 is 1.94. The quantitative estimate of drug-likeness (QED) is 0.699. The fourth-order valence-electron chi connectivity index (χ4n) is 1.66. The predicted octanol–water partition coefficient (Wildman–Crippen LogP) is 0.375. The van der Waals surface area contributed by atoms with Gasteiger partial charge in [-0.25, -0.2) is 0 Å². The highest BCUT2D eigenvalue weighted by atomic mass is 32.2. The Morgan fingerprint density at radius 1 is 1.56 bits per heavy atom. The number of thioether (sulfide) groups is 1. The number of hydrogen-bond donors (Lipinski definition) is 2. The lowest BCUT2D eigenvalue weighted by molar-refractivity contribution is -0.118. The topological polar surface area (TPSA) is 85.8 Å². The minimum atomic E-state index is 0.0619. The molecule has 1 aromatic rings. The molecule has 100 valence electrons. The van der Waals surface area contributed by atoms with Crippen molar-refractivity contribution in [2.45, 2.75) is 38.0 Å². The first-order valence-corrected chi connectivity index (χ1v) is 7.24. The van der Waals surface area contributed by atoms with E-state index in [2.05, 4.69) is 15.5 Å². The van der Waals surface area contributed by atoms with Crippen molar-refractivity contribution >= 4 is 17.7 Å². The molecule has 3 N–H and O–H groups in total. The van der Waals surface area contributed by atoms with Crippen molar-refractivity contribution in [1.29, 1.82) is 0 Å². The molecule has 18 heavy (non-hydrogen) atoms.